The van der Waals surface area contributed by atoms with Crippen LogP contribution in [0.5, 0.6) is 0 Å². The first-order chi connectivity index (χ1) is 17.3. The predicted octanol–water partition coefficient (Wildman–Crippen LogP) is 3.80. The summed E-state index contributed by atoms with van der Waals surface area (Å²) in [6.07, 6.45) is 1.67. The zero-order valence-electron chi connectivity index (χ0n) is 19.1. The van der Waals surface area contributed by atoms with Gasteiger partial charge < -0.3 is 10.6 Å². The molecule has 0 aliphatic heterocycles. The Morgan fingerprint density at radius 1 is 1.25 bits per heavy atom. The summed E-state index contributed by atoms with van der Waals surface area (Å²) in [5, 5.41) is 14.5. The summed E-state index contributed by atoms with van der Waals surface area (Å²) in [6.45, 7) is 3.29. The number of aromatic amines is 1. The number of nitriles is 1. The molecule has 0 bridgehead atoms. The Kier molecular flexibility index (Phi) is 8.91. The molecule has 3 N–H and O–H groups in total. The second-order valence-electron chi connectivity index (χ2n) is 7.61. The number of H-pyrrole nitrogens is 1. The van der Waals surface area contributed by atoms with Crippen LogP contribution in [0.15, 0.2) is 66.0 Å². The minimum absolute atomic E-state index is 0.0345. The lowest BCUT2D eigenvalue weighted by atomic mass is 10.1. The molecule has 11 heteroatoms. The van der Waals surface area contributed by atoms with E-state index in [1.165, 1.54) is 0 Å². The van der Waals surface area contributed by atoms with E-state index in [4.69, 9.17) is 16.9 Å². The average molecular weight is 509 g/mol. The molecule has 36 heavy (non-hydrogen) atoms. The van der Waals surface area contributed by atoms with Crippen LogP contribution in [-0.4, -0.2) is 33.4 Å². The number of rotatable bonds is 10. The number of benzene rings is 2. The molecule has 3 rings (SSSR count). The van der Waals surface area contributed by atoms with Crippen molar-refractivity contribution in [3.05, 3.63) is 98.9 Å². The van der Waals surface area contributed by atoms with Crippen molar-refractivity contribution in [3.63, 3.8) is 0 Å². The number of nitrogens with zero attached hydrogens (tertiary/aromatic N) is 3. The van der Waals surface area contributed by atoms with Crippen LogP contribution in [-0.2, 0) is 17.8 Å². The molecule has 0 unspecified atom stereocenters. The lowest BCUT2D eigenvalue weighted by Crippen LogP contribution is -2.25. The van der Waals surface area contributed by atoms with E-state index < -0.39 is 11.5 Å². The zero-order chi connectivity index (χ0) is 26.1. The van der Waals surface area contributed by atoms with Crippen molar-refractivity contribution in [1.29, 1.82) is 5.26 Å². The number of hydrogen-bond acceptors (Lipinski definition) is 6. The van der Waals surface area contributed by atoms with Crippen LogP contribution in [0.4, 0.5) is 16.1 Å². The molecule has 0 saturated heterocycles. The highest BCUT2D eigenvalue weighted by Crippen LogP contribution is 2.18. The van der Waals surface area contributed by atoms with Gasteiger partial charge in [-0.2, -0.15) is 10.4 Å². The fourth-order valence-corrected chi connectivity index (χ4v) is 3.39. The number of nitrogens with one attached hydrogen (secondary N) is 3. The molecule has 1 heterocycles. The third-order valence-corrected chi connectivity index (χ3v) is 5.40. The minimum Gasteiger partial charge on any atom is -0.352 e. The number of carbonyl (C=O) groups is 2. The van der Waals surface area contributed by atoms with Gasteiger partial charge in [-0.25, -0.2) is 4.98 Å². The van der Waals surface area contributed by atoms with Gasteiger partial charge in [0.15, 0.2) is 0 Å². The monoisotopic (exact) mass is 508 g/mol. The van der Waals surface area contributed by atoms with Gasteiger partial charge in [-0.1, -0.05) is 34.8 Å². The molecular weight excluding hydrogens is 487 g/mol. The SMILES string of the molecule is C=CC(=O)N(F)Cc1cccc(Nc2nc(CCCNC(=O)c3ccc(C#N)cc3)c(Cl)c(=O)[nH]2)c1. The van der Waals surface area contributed by atoms with Crippen LogP contribution in [0.2, 0.25) is 5.02 Å². The third kappa shape index (κ3) is 7.01. The molecule has 0 fully saturated rings. The van der Waals surface area contributed by atoms with Crippen molar-refractivity contribution in [2.45, 2.75) is 19.4 Å². The zero-order valence-corrected chi connectivity index (χ0v) is 19.8. The van der Waals surface area contributed by atoms with E-state index in [2.05, 4.69) is 27.2 Å². The summed E-state index contributed by atoms with van der Waals surface area (Å²) < 4.78 is 13.8. The number of carbonyl (C=O) groups excluding carboxylic acids is 2. The van der Waals surface area contributed by atoms with Gasteiger partial charge in [-0.15, -0.1) is 0 Å². The van der Waals surface area contributed by atoms with E-state index >= 15 is 0 Å². The fraction of sp³-hybridized carbons (Fsp3) is 0.160. The summed E-state index contributed by atoms with van der Waals surface area (Å²) in [4.78, 5) is 42.8. The Morgan fingerprint density at radius 3 is 2.69 bits per heavy atom. The summed E-state index contributed by atoms with van der Waals surface area (Å²) in [5.41, 5.74) is 1.72. The smallest absolute Gasteiger partial charge is 0.273 e. The first-order valence-electron chi connectivity index (χ1n) is 10.8. The van der Waals surface area contributed by atoms with Gasteiger partial charge in [0.25, 0.3) is 17.4 Å². The van der Waals surface area contributed by atoms with Crippen molar-refractivity contribution in [1.82, 2.24) is 20.4 Å². The first-order valence-corrected chi connectivity index (χ1v) is 11.2. The molecule has 0 atom stereocenters. The highest BCUT2D eigenvalue weighted by atomic mass is 35.5. The Balaban J connectivity index is 1.61. The van der Waals surface area contributed by atoms with Crippen LogP contribution < -0.4 is 16.2 Å². The number of anilines is 2. The number of amides is 2. The van der Waals surface area contributed by atoms with Crippen LogP contribution in [0.25, 0.3) is 0 Å². The third-order valence-electron chi connectivity index (χ3n) is 5.01. The lowest BCUT2D eigenvalue weighted by Gasteiger charge is -2.12. The number of hydrogen-bond donors (Lipinski definition) is 3. The van der Waals surface area contributed by atoms with E-state index in [0.29, 0.717) is 47.5 Å². The minimum atomic E-state index is -0.852. The molecule has 184 valence electrons. The average Bonchev–Trinajstić information content (AvgIpc) is 2.88. The summed E-state index contributed by atoms with van der Waals surface area (Å²) in [6, 6.07) is 14.9. The maximum absolute atomic E-state index is 13.8. The lowest BCUT2D eigenvalue weighted by molar-refractivity contribution is -0.141. The Hall–Kier alpha value is -4.49. The topological polar surface area (TPSA) is 131 Å². The van der Waals surface area contributed by atoms with E-state index in [1.807, 2.05) is 6.07 Å². The summed E-state index contributed by atoms with van der Waals surface area (Å²) in [5.74, 6) is -0.999. The molecule has 2 amide bonds. The van der Waals surface area contributed by atoms with Crippen molar-refractivity contribution in [3.8, 4) is 6.07 Å². The fourth-order valence-electron chi connectivity index (χ4n) is 3.21. The van der Waals surface area contributed by atoms with Gasteiger partial charge in [-0.3, -0.25) is 19.4 Å². The summed E-state index contributed by atoms with van der Waals surface area (Å²) in [7, 11) is 0. The van der Waals surface area contributed by atoms with Crippen molar-refractivity contribution >= 4 is 35.1 Å². The van der Waals surface area contributed by atoms with Crippen molar-refractivity contribution in [2.75, 3.05) is 11.9 Å². The van der Waals surface area contributed by atoms with E-state index in [0.717, 1.165) is 6.08 Å². The van der Waals surface area contributed by atoms with Gasteiger partial charge in [0.05, 0.1) is 23.9 Å². The second-order valence-corrected chi connectivity index (χ2v) is 7.99. The van der Waals surface area contributed by atoms with E-state index in [-0.39, 0.29) is 28.5 Å². The van der Waals surface area contributed by atoms with Crippen molar-refractivity contribution in [2.24, 2.45) is 0 Å². The first kappa shape index (κ1) is 26.1. The Morgan fingerprint density at radius 2 is 2.00 bits per heavy atom. The number of aryl methyl sites for hydroxylation is 1. The molecule has 2 aromatic carbocycles. The largest absolute Gasteiger partial charge is 0.352 e. The molecule has 1 aromatic heterocycles. The molecule has 0 aliphatic carbocycles. The van der Waals surface area contributed by atoms with Gasteiger partial charge in [0.2, 0.25) is 5.95 Å². The second kappa shape index (κ2) is 12.3. The Bertz CT molecular complexity index is 1370. The molecule has 0 aliphatic rings. The van der Waals surface area contributed by atoms with Gasteiger partial charge in [0, 0.05) is 17.8 Å². The van der Waals surface area contributed by atoms with Gasteiger partial charge in [0.1, 0.15) is 5.02 Å². The maximum atomic E-state index is 13.8. The van der Waals surface area contributed by atoms with Crippen LogP contribution in [0.3, 0.4) is 0 Å². The maximum Gasteiger partial charge on any atom is 0.273 e. The quantitative estimate of drug-likeness (QED) is 0.217. The molecule has 9 nitrogen and oxygen atoms in total. The van der Waals surface area contributed by atoms with Crippen LogP contribution in [0, 0.1) is 11.3 Å². The standard InChI is InChI=1S/C25H22ClFN6O3/c1-2-21(34)33(27)15-17-5-3-6-19(13-17)30-25-31-20(22(26)24(36)32-25)7-4-12-29-23(35)18-10-8-16(14-28)9-11-18/h2-3,5-6,8-11,13H,1,4,7,12,15H2,(H,29,35)(H2,30,31,32,36). The van der Waals surface area contributed by atoms with Crippen molar-refractivity contribution < 1.29 is 14.1 Å². The molecule has 0 saturated carbocycles. The number of aromatic nitrogens is 2. The van der Waals surface area contributed by atoms with Gasteiger partial charge >= 0.3 is 0 Å². The molecule has 0 radical (unpaired) electrons. The number of halogens is 2. The van der Waals surface area contributed by atoms with Crippen LogP contribution in [0.1, 0.15) is 33.6 Å². The van der Waals surface area contributed by atoms with E-state index in [1.54, 1.807) is 48.5 Å². The molecular formula is C25H22ClFN6O3. The summed E-state index contributed by atoms with van der Waals surface area (Å²) >= 11 is 6.13. The molecule has 3 aromatic rings. The van der Waals surface area contributed by atoms with Gasteiger partial charge in [-0.05, 0) is 60.9 Å². The normalized spacial score (nSPS) is 10.2. The molecule has 0 spiro atoms. The van der Waals surface area contributed by atoms with E-state index in [9.17, 15) is 18.9 Å². The highest BCUT2D eigenvalue weighted by Gasteiger charge is 2.12. The predicted molar refractivity (Wildman–Crippen MR) is 133 cm³/mol. The Labute approximate surface area is 211 Å². The highest BCUT2D eigenvalue weighted by molar-refractivity contribution is 6.31. The van der Waals surface area contributed by atoms with Crippen LogP contribution >= 0.6 is 11.6 Å².